The van der Waals surface area contributed by atoms with Crippen molar-refractivity contribution >= 4 is 61.8 Å². The standard InChI is InChI=1S/C13H13NO4S2.Al.3H/c1-2-18-9(12(16)17)7-11(15)20-13-14-8-5-3-4-6-10(8)19-13;;;;/h3-6,9H,2,7H2,1H3,(H,16,17);;;;. The fourth-order valence-electron chi connectivity index (χ4n) is 1.60. The third-order valence-electron chi connectivity index (χ3n) is 2.47. The van der Waals surface area contributed by atoms with E-state index in [2.05, 4.69) is 4.98 Å². The van der Waals surface area contributed by atoms with Gasteiger partial charge < -0.3 is 9.84 Å². The van der Waals surface area contributed by atoms with Gasteiger partial charge in [0.25, 0.3) is 0 Å². The lowest BCUT2D eigenvalue weighted by Crippen LogP contribution is -2.26. The Balaban J connectivity index is 0.00000220. The van der Waals surface area contributed by atoms with Crippen molar-refractivity contribution in [3.05, 3.63) is 24.3 Å². The molecule has 1 aromatic carbocycles. The average Bonchev–Trinajstić information content (AvgIpc) is 2.79. The first-order chi connectivity index (χ1) is 9.60. The SMILES string of the molecule is CCOC(CC(=O)Sc1nc2ccccc2s1)C(=O)O.[AlH3]. The molecule has 2 aromatic rings. The second kappa shape index (κ2) is 8.51. The molecular formula is C13H16AlNO4S2. The minimum atomic E-state index is -1.12. The summed E-state index contributed by atoms with van der Waals surface area (Å²) in [5.41, 5.74) is 0.840. The van der Waals surface area contributed by atoms with Crippen molar-refractivity contribution in [2.24, 2.45) is 0 Å². The first kappa shape index (κ1) is 18.1. The summed E-state index contributed by atoms with van der Waals surface area (Å²) < 4.78 is 6.64. The molecule has 0 saturated heterocycles. The van der Waals surface area contributed by atoms with Crippen LogP contribution >= 0.6 is 23.1 Å². The van der Waals surface area contributed by atoms with Crippen LogP contribution in [0, 0.1) is 0 Å². The number of para-hydroxylation sites is 1. The number of carbonyl (C=O) groups excluding carboxylic acids is 1. The largest absolute Gasteiger partial charge is 0.479 e. The molecule has 0 saturated carbocycles. The number of hydrogen-bond acceptors (Lipinski definition) is 6. The van der Waals surface area contributed by atoms with Crippen molar-refractivity contribution in [3.63, 3.8) is 0 Å². The van der Waals surface area contributed by atoms with Crippen LogP contribution in [0.2, 0.25) is 0 Å². The molecule has 21 heavy (non-hydrogen) atoms. The Bertz CT molecular complexity index is 598. The molecule has 1 N–H and O–H groups in total. The second-order valence-corrected chi connectivity index (χ2v) is 6.24. The van der Waals surface area contributed by atoms with Gasteiger partial charge in [-0.25, -0.2) is 9.78 Å². The number of aliphatic carboxylic acids is 1. The van der Waals surface area contributed by atoms with Gasteiger partial charge in [0.05, 0.1) is 16.6 Å². The molecule has 0 aliphatic carbocycles. The number of carboxylic acid groups (broad SMARTS) is 1. The quantitative estimate of drug-likeness (QED) is 0.635. The summed E-state index contributed by atoms with van der Waals surface area (Å²) in [5, 5.41) is 8.67. The summed E-state index contributed by atoms with van der Waals surface area (Å²) >= 11 is 2.38. The molecule has 2 rings (SSSR count). The van der Waals surface area contributed by atoms with Crippen LogP contribution in [0.5, 0.6) is 0 Å². The fourth-order valence-corrected chi connectivity index (χ4v) is 3.59. The summed E-state index contributed by atoms with van der Waals surface area (Å²) in [6.45, 7) is 1.96. The highest BCUT2D eigenvalue weighted by Gasteiger charge is 2.22. The lowest BCUT2D eigenvalue weighted by atomic mass is 10.3. The summed E-state index contributed by atoms with van der Waals surface area (Å²) in [5.74, 6) is -1.12. The molecule has 0 aliphatic heterocycles. The van der Waals surface area contributed by atoms with E-state index < -0.39 is 12.1 Å². The van der Waals surface area contributed by atoms with E-state index in [9.17, 15) is 9.59 Å². The summed E-state index contributed by atoms with van der Waals surface area (Å²) in [6.07, 6.45) is -1.25. The second-order valence-electron chi connectivity index (χ2n) is 3.91. The summed E-state index contributed by atoms with van der Waals surface area (Å²) in [4.78, 5) is 27.1. The number of carboxylic acids is 1. The summed E-state index contributed by atoms with van der Waals surface area (Å²) in [6, 6.07) is 7.60. The van der Waals surface area contributed by atoms with Gasteiger partial charge in [0.15, 0.2) is 32.9 Å². The highest BCUT2D eigenvalue weighted by Crippen LogP contribution is 2.30. The molecule has 1 aromatic heterocycles. The Labute approximate surface area is 140 Å². The van der Waals surface area contributed by atoms with Gasteiger partial charge >= 0.3 is 5.97 Å². The Morgan fingerprint density at radius 1 is 1.43 bits per heavy atom. The lowest BCUT2D eigenvalue weighted by Gasteiger charge is -2.10. The molecule has 0 bridgehead atoms. The minimum Gasteiger partial charge on any atom is -0.479 e. The number of rotatable bonds is 6. The first-order valence-electron chi connectivity index (χ1n) is 6.00. The first-order valence-corrected chi connectivity index (χ1v) is 7.64. The van der Waals surface area contributed by atoms with Gasteiger partial charge in [-0.3, -0.25) is 4.79 Å². The molecule has 1 unspecified atom stereocenters. The molecular weight excluding hydrogens is 325 g/mol. The van der Waals surface area contributed by atoms with Crippen LogP contribution in [0.25, 0.3) is 10.2 Å². The molecule has 0 spiro atoms. The van der Waals surface area contributed by atoms with Crippen LogP contribution in [-0.2, 0) is 14.3 Å². The molecule has 0 amide bonds. The Hall–Kier alpha value is -0.908. The number of carbonyl (C=O) groups is 2. The van der Waals surface area contributed by atoms with Crippen LogP contribution in [0.4, 0.5) is 0 Å². The van der Waals surface area contributed by atoms with Crippen molar-refractivity contribution in [1.82, 2.24) is 4.98 Å². The zero-order valence-corrected chi connectivity index (χ0v) is 12.4. The van der Waals surface area contributed by atoms with Crippen molar-refractivity contribution in [2.45, 2.75) is 23.8 Å². The van der Waals surface area contributed by atoms with E-state index in [0.717, 1.165) is 22.0 Å². The van der Waals surface area contributed by atoms with E-state index in [1.807, 2.05) is 24.3 Å². The Morgan fingerprint density at radius 3 is 2.76 bits per heavy atom. The van der Waals surface area contributed by atoms with Gasteiger partial charge in [-0.2, -0.15) is 0 Å². The maximum Gasteiger partial charge on any atom is 0.333 e. The number of ether oxygens (including phenoxy) is 1. The zero-order chi connectivity index (χ0) is 14.5. The molecule has 112 valence electrons. The third kappa shape index (κ3) is 5.09. The highest BCUT2D eigenvalue weighted by molar-refractivity contribution is 8.15. The normalized spacial score (nSPS) is 11.9. The Morgan fingerprint density at radius 2 is 2.14 bits per heavy atom. The van der Waals surface area contributed by atoms with E-state index in [0.29, 0.717) is 4.34 Å². The van der Waals surface area contributed by atoms with Crippen LogP contribution in [0.3, 0.4) is 0 Å². The highest BCUT2D eigenvalue weighted by atomic mass is 32.2. The van der Waals surface area contributed by atoms with Gasteiger partial charge in [0.2, 0.25) is 0 Å². The predicted molar refractivity (Wildman–Crippen MR) is 88.1 cm³/mol. The Kier molecular flexibility index (Phi) is 7.36. The number of thioether (sulfide) groups is 1. The van der Waals surface area contributed by atoms with E-state index >= 15 is 0 Å². The van der Waals surface area contributed by atoms with Crippen LogP contribution in [-0.4, -0.2) is 51.2 Å². The predicted octanol–water partition coefficient (Wildman–Crippen LogP) is 1.61. The summed E-state index contributed by atoms with van der Waals surface area (Å²) in [7, 11) is 0. The van der Waals surface area contributed by atoms with E-state index in [4.69, 9.17) is 9.84 Å². The van der Waals surface area contributed by atoms with Crippen molar-refractivity contribution in [3.8, 4) is 0 Å². The number of fused-ring (bicyclic) bond motifs is 1. The average molecular weight is 341 g/mol. The smallest absolute Gasteiger partial charge is 0.333 e. The maximum absolute atomic E-state index is 11.9. The van der Waals surface area contributed by atoms with E-state index in [1.165, 1.54) is 11.3 Å². The number of thiazole rings is 1. The van der Waals surface area contributed by atoms with Gasteiger partial charge in [0, 0.05) is 6.61 Å². The monoisotopic (exact) mass is 341 g/mol. The van der Waals surface area contributed by atoms with Crippen LogP contribution < -0.4 is 0 Å². The number of nitrogens with zero attached hydrogens (tertiary/aromatic N) is 1. The van der Waals surface area contributed by atoms with Crippen molar-refractivity contribution in [1.29, 1.82) is 0 Å². The molecule has 0 fully saturated rings. The number of benzene rings is 1. The minimum absolute atomic E-state index is 0. The molecule has 5 nitrogen and oxygen atoms in total. The molecule has 1 heterocycles. The number of aromatic nitrogens is 1. The number of hydrogen-bond donors (Lipinski definition) is 1. The third-order valence-corrected chi connectivity index (χ3v) is 4.46. The van der Waals surface area contributed by atoms with Crippen LogP contribution in [0.1, 0.15) is 13.3 Å². The fraction of sp³-hybridized carbons (Fsp3) is 0.308. The van der Waals surface area contributed by atoms with Gasteiger partial charge in [-0.1, -0.05) is 12.1 Å². The molecule has 1 atom stereocenters. The lowest BCUT2D eigenvalue weighted by molar-refractivity contribution is -0.151. The van der Waals surface area contributed by atoms with E-state index in [-0.39, 0.29) is 35.5 Å². The van der Waals surface area contributed by atoms with Crippen molar-refractivity contribution in [2.75, 3.05) is 6.61 Å². The molecule has 0 aliphatic rings. The van der Waals surface area contributed by atoms with Crippen molar-refractivity contribution < 1.29 is 19.4 Å². The topological polar surface area (TPSA) is 76.5 Å². The van der Waals surface area contributed by atoms with Gasteiger partial charge in [0.1, 0.15) is 0 Å². The zero-order valence-electron chi connectivity index (χ0n) is 10.7. The van der Waals surface area contributed by atoms with Gasteiger partial charge in [-0.15, -0.1) is 11.3 Å². The van der Waals surface area contributed by atoms with E-state index in [1.54, 1.807) is 6.92 Å². The van der Waals surface area contributed by atoms with Gasteiger partial charge in [-0.05, 0) is 30.8 Å². The molecule has 0 radical (unpaired) electrons. The molecule has 8 heteroatoms. The van der Waals surface area contributed by atoms with Crippen LogP contribution in [0.15, 0.2) is 28.6 Å². The maximum atomic E-state index is 11.9.